The molecule has 0 saturated carbocycles. The van der Waals surface area contributed by atoms with Gasteiger partial charge in [-0.15, -0.1) is 0 Å². The minimum Gasteiger partial charge on any atom is -0.423 e. The predicted octanol–water partition coefficient (Wildman–Crippen LogP) is 2.13. The van der Waals surface area contributed by atoms with Crippen LogP contribution in [0.25, 0.3) is 32.9 Å². The molecule has 0 aliphatic rings. The van der Waals surface area contributed by atoms with Crippen LogP contribution < -0.4 is 5.46 Å². The highest BCUT2D eigenvalue weighted by atomic mass is 16.4. The van der Waals surface area contributed by atoms with Crippen molar-refractivity contribution in [3.63, 3.8) is 0 Å². The molecule has 0 fully saturated rings. The minimum absolute atomic E-state index is 0.471. The Balaban J connectivity index is 2.01. The van der Waals surface area contributed by atoms with Crippen molar-refractivity contribution in [1.29, 1.82) is 0 Å². The van der Waals surface area contributed by atoms with E-state index in [1.807, 2.05) is 36.4 Å². The van der Waals surface area contributed by atoms with E-state index >= 15 is 0 Å². The predicted molar refractivity (Wildman–Crippen MR) is 92.3 cm³/mol. The first-order chi connectivity index (χ1) is 11.2. The summed E-state index contributed by atoms with van der Waals surface area (Å²) in [7, 11) is -1.46. The van der Waals surface area contributed by atoms with Crippen molar-refractivity contribution in [3.05, 3.63) is 67.0 Å². The molecule has 2 heterocycles. The van der Waals surface area contributed by atoms with Crippen LogP contribution in [-0.4, -0.2) is 27.1 Å². The van der Waals surface area contributed by atoms with E-state index < -0.39 is 7.12 Å². The standard InChI is InChI=1S/C18H13BN2O2/c22-19(23)14-7-5-12(6-8-14)16-11-13-3-1-9-20-17(13)18-15(16)4-2-10-21-18/h1-11,22-23H. The number of hydrogen-bond donors (Lipinski definition) is 2. The third kappa shape index (κ3) is 2.36. The van der Waals surface area contributed by atoms with Gasteiger partial charge in [-0.3, -0.25) is 9.97 Å². The van der Waals surface area contributed by atoms with Crippen LogP contribution in [0.4, 0.5) is 0 Å². The highest BCUT2D eigenvalue weighted by Gasteiger charge is 2.13. The van der Waals surface area contributed by atoms with Crippen LogP contribution in [0, 0.1) is 0 Å². The van der Waals surface area contributed by atoms with E-state index in [1.165, 1.54) is 0 Å². The molecule has 0 radical (unpaired) electrons. The van der Waals surface area contributed by atoms with Gasteiger partial charge in [-0.2, -0.15) is 0 Å². The Morgan fingerprint density at radius 1 is 0.783 bits per heavy atom. The zero-order valence-corrected chi connectivity index (χ0v) is 12.2. The number of pyridine rings is 2. The minimum atomic E-state index is -1.46. The smallest absolute Gasteiger partial charge is 0.423 e. The molecule has 0 unspecified atom stereocenters. The van der Waals surface area contributed by atoms with Crippen molar-refractivity contribution in [2.24, 2.45) is 0 Å². The summed E-state index contributed by atoms with van der Waals surface area (Å²) in [6.07, 6.45) is 3.54. The summed E-state index contributed by atoms with van der Waals surface area (Å²) in [4.78, 5) is 8.95. The zero-order chi connectivity index (χ0) is 15.8. The lowest BCUT2D eigenvalue weighted by atomic mass is 9.79. The first-order valence-corrected chi connectivity index (χ1v) is 7.33. The fourth-order valence-corrected chi connectivity index (χ4v) is 2.85. The molecule has 2 N–H and O–H groups in total. The summed E-state index contributed by atoms with van der Waals surface area (Å²) in [5.41, 5.74) is 4.27. The Morgan fingerprint density at radius 3 is 2.22 bits per heavy atom. The van der Waals surface area contributed by atoms with Gasteiger partial charge in [0.05, 0.1) is 11.0 Å². The maximum Gasteiger partial charge on any atom is 0.488 e. The van der Waals surface area contributed by atoms with Gasteiger partial charge >= 0.3 is 7.12 Å². The maximum absolute atomic E-state index is 9.24. The molecular formula is C18H13BN2O2. The number of aromatic nitrogens is 2. The van der Waals surface area contributed by atoms with Crippen molar-refractivity contribution in [2.75, 3.05) is 0 Å². The Hall–Kier alpha value is -2.76. The average molecular weight is 300 g/mol. The Labute approximate surface area is 133 Å². The Bertz CT molecular complexity index is 1000. The van der Waals surface area contributed by atoms with E-state index in [9.17, 15) is 10.0 Å². The summed E-state index contributed by atoms with van der Waals surface area (Å²) in [6.45, 7) is 0. The van der Waals surface area contributed by atoms with Crippen molar-refractivity contribution in [2.45, 2.75) is 0 Å². The van der Waals surface area contributed by atoms with Gasteiger partial charge in [-0.05, 0) is 34.8 Å². The van der Waals surface area contributed by atoms with Crippen LogP contribution >= 0.6 is 0 Å². The lowest BCUT2D eigenvalue weighted by Crippen LogP contribution is -2.29. The first kappa shape index (κ1) is 13.9. The average Bonchev–Trinajstić information content (AvgIpc) is 2.61. The molecule has 0 saturated heterocycles. The quantitative estimate of drug-likeness (QED) is 0.439. The van der Waals surface area contributed by atoms with Gasteiger partial charge in [0.15, 0.2) is 0 Å². The molecule has 2 aromatic carbocycles. The van der Waals surface area contributed by atoms with Crippen LogP contribution in [0.1, 0.15) is 0 Å². The SMILES string of the molecule is OB(O)c1ccc(-c2cc3cccnc3c3ncccc23)cc1. The lowest BCUT2D eigenvalue weighted by Gasteiger charge is -2.10. The molecule has 2 aromatic heterocycles. The van der Waals surface area contributed by atoms with Crippen molar-refractivity contribution in [3.8, 4) is 11.1 Å². The number of benzene rings is 2. The molecule has 0 amide bonds. The first-order valence-electron chi connectivity index (χ1n) is 7.33. The van der Waals surface area contributed by atoms with Gasteiger partial charge in [0, 0.05) is 23.2 Å². The normalized spacial score (nSPS) is 11.0. The van der Waals surface area contributed by atoms with Gasteiger partial charge in [0.25, 0.3) is 0 Å². The van der Waals surface area contributed by atoms with Crippen LogP contribution in [0.15, 0.2) is 67.0 Å². The van der Waals surface area contributed by atoms with Gasteiger partial charge in [0.2, 0.25) is 0 Å². The fraction of sp³-hybridized carbons (Fsp3) is 0. The van der Waals surface area contributed by atoms with E-state index in [0.29, 0.717) is 5.46 Å². The number of rotatable bonds is 2. The summed E-state index contributed by atoms with van der Waals surface area (Å²) in [5.74, 6) is 0. The van der Waals surface area contributed by atoms with Crippen LogP contribution in [-0.2, 0) is 0 Å². The highest BCUT2D eigenvalue weighted by molar-refractivity contribution is 6.58. The number of hydrogen-bond acceptors (Lipinski definition) is 4. The summed E-state index contributed by atoms with van der Waals surface area (Å²) >= 11 is 0. The summed E-state index contributed by atoms with van der Waals surface area (Å²) < 4.78 is 0. The Kier molecular flexibility index (Phi) is 3.30. The molecule has 0 spiro atoms. The molecule has 4 rings (SSSR count). The van der Waals surface area contributed by atoms with E-state index in [1.54, 1.807) is 24.5 Å². The number of fused-ring (bicyclic) bond motifs is 3. The van der Waals surface area contributed by atoms with Crippen LogP contribution in [0.3, 0.4) is 0 Å². The second-order valence-corrected chi connectivity index (χ2v) is 5.39. The molecular weight excluding hydrogens is 287 g/mol. The lowest BCUT2D eigenvalue weighted by molar-refractivity contribution is 0.426. The van der Waals surface area contributed by atoms with E-state index in [4.69, 9.17) is 0 Å². The molecule has 23 heavy (non-hydrogen) atoms. The molecule has 0 atom stereocenters. The third-order valence-electron chi connectivity index (χ3n) is 3.98. The van der Waals surface area contributed by atoms with E-state index in [0.717, 1.165) is 32.9 Å². The largest absolute Gasteiger partial charge is 0.488 e. The maximum atomic E-state index is 9.24. The molecule has 0 bridgehead atoms. The zero-order valence-electron chi connectivity index (χ0n) is 12.2. The van der Waals surface area contributed by atoms with Gasteiger partial charge < -0.3 is 10.0 Å². The molecule has 4 aromatic rings. The monoisotopic (exact) mass is 300 g/mol. The van der Waals surface area contributed by atoms with Gasteiger partial charge in [0.1, 0.15) is 0 Å². The van der Waals surface area contributed by atoms with Crippen molar-refractivity contribution >= 4 is 34.4 Å². The van der Waals surface area contributed by atoms with Gasteiger partial charge in [-0.25, -0.2) is 0 Å². The number of nitrogens with zero attached hydrogens (tertiary/aromatic N) is 2. The topological polar surface area (TPSA) is 66.2 Å². The highest BCUT2D eigenvalue weighted by Crippen LogP contribution is 2.32. The second-order valence-electron chi connectivity index (χ2n) is 5.39. The summed E-state index contributed by atoms with van der Waals surface area (Å²) in [6, 6.07) is 17.2. The van der Waals surface area contributed by atoms with Crippen LogP contribution in [0.5, 0.6) is 0 Å². The second kappa shape index (κ2) is 5.46. The fourth-order valence-electron chi connectivity index (χ4n) is 2.85. The van der Waals surface area contributed by atoms with Crippen LogP contribution in [0.2, 0.25) is 0 Å². The van der Waals surface area contributed by atoms with Crippen molar-refractivity contribution in [1.82, 2.24) is 9.97 Å². The molecule has 0 aliphatic carbocycles. The summed E-state index contributed by atoms with van der Waals surface area (Å²) in [5, 5.41) is 20.5. The Morgan fingerprint density at radius 2 is 1.48 bits per heavy atom. The van der Waals surface area contributed by atoms with E-state index in [2.05, 4.69) is 16.0 Å². The molecule has 5 heteroatoms. The third-order valence-corrected chi connectivity index (χ3v) is 3.98. The van der Waals surface area contributed by atoms with Crippen molar-refractivity contribution < 1.29 is 10.0 Å². The van der Waals surface area contributed by atoms with E-state index in [-0.39, 0.29) is 0 Å². The van der Waals surface area contributed by atoms with Gasteiger partial charge in [-0.1, -0.05) is 36.4 Å². The molecule has 110 valence electrons. The molecule has 0 aliphatic heterocycles. The molecule has 4 nitrogen and oxygen atoms in total.